The molecule has 0 spiro atoms. The smallest absolute Gasteiger partial charge is 0.0877 e. The fourth-order valence-electron chi connectivity index (χ4n) is 2.43. The Kier molecular flexibility index (Phi) is 6.26. The highest BCUT2D eigenvalue weighted by Gasteiger charge is 2.24. The van der Waals surface area contributed by atoms with Gasteiger partial charge in [0.05, 0.1) is 12.2 Å². The van der Waals surface area contributed by atoms with E-state index in [4.69, 9.17) is 0 Å². The normalized spacial score (nSPS) is 25.2. The molecule has 0 aromatic carbocycles. The quantitative estimate of drug-likeness (QED) is 0.704. The van der Waals surface area contributed by atoms with Gasteiger partial charge >= 0.3 is 0 Å². The Hall–Kier alpha value is -0.0800. The second-order valence-electron chi connectivity index (χ2n) is 5.06. The first-order valence-corrected chi connectivity index (χ1v) is 6.60. The molecule has 1 aliphatic carbocycles. The molecule has 1 saturated carbocycles. The molecule has 15 heavy (non-hydrogen) atoms. The van der Waals surface area contributed by atoms with Crippen LogP contribution in [0, 0.1) is 0 Å². The van der Waals surface area contributed by atoms with Crippen molar-refractivity contribution >= 4 is 0 Å². The molecule has 0 aromatic rings. The number of hydrogen-bond donors (Lipinski definition) is 2. The topological polar surface area (TPSA) is 40.5 Å². The summed E-state index contributed by atoms with van der Waals surface area (Å²) in [6.45, 7) is -0.0625. The van der Waals surface area contributed by atoms with Crippen LogP contribution in [0.4, 0.5) is 0 Å². The summed E-state index contributed by atoms with van der Waals surface area (Å²) in [5.74, 6) is 0. The maximum atomic E-state index is 10.1. The number of rotatable bonds is 1. The Balaban J connectivity index is 2.32. The average Bonchev–Trinajstić information content (AvgIpc) is 2.23. The Morgan fingerprint density at radius 1 is 0.667 bits per heavy atom. The summed E-state index contributed by atoms with van der Waals surface area (Å²) in [6, 6.07) is 0. The third kappa shape index (κ3) is 5.53. The minimum atomic E-state index is -0.779. The molecule has 90 valence electrons. The van der Waals surface area contributed by atoms with E-state index in [1.54, 1.807) is 0 Å². The van der Waals surface area contributed by atoms with Gasteiger partial charge in [-0.2, -0.15) is 0 Å². The first kappa shape index (κ1) is 13.0. The second-order valence-corrected chi connectivity index (χ2v) is 5.06. The maximum absolute atomic E-state index is 10.1. The van der Waals surface area contributed by atoms with Gasteiger partial charge in [-0.25, -0.2) is 0 Å². The highest BCUT2D eigenvalue weighted by atomic mass is 16.3. The molecule has 1 rings (SSSR count). The van der Waals surface area contributed by atoms with Gasteiger partial charge in [-0.15, -0.1) is 0 Å². The van der Waals surface area contributed by atoms with Crippen LogP contribution in [-0.2, 0) is 0 Å². The molecule has 2 nitrogen and oxygen atoms in total. The van der Waals surface area contributed by atoms with Crippen molar-refractivity contribution in [2.24, 2.45) is 0 Å². The summed E-state index contributed by atoms with van der Waals surface area (Å²) >= 11 is 0. The van der Waals surface area contributed by atoms with Gasteiger partial charge in [-0.05, 0) is 12.8 Å². The van der Waals surface area contributed by atoms with E-state index >= 15 is 0 Å². The van der Waals surface area contributed by atoms with Crippen molar-refractivity contribution < 1.29 is 10.2 Å². The molecule has 0 heterocycles. The van der Waals surface area contributed by atoms with Crippen molar-refractivity contribution in [1.29, 1.82) is 0 Å². The van der Waals surface area contributed by atoms with Crippen molar-refractivity contribution in [2.45, 2.75) is 76.2 Å². The highest BCUT2D eigenvalue weighted by Crippen LogP contribution is 2.24. The molecule has 0 bridgehead atoms. The molecule has 0 unspecified atom stereocenters. The molecule has 2 heteroatoms. The van der Waals surface area contributed by atoms with Crippen LogP contribution in [0.1, 0.15) is 70.6 Å². The van der Waals surface area contributed by atoms with Gasteiger partial charge < -0.3 is 10.2 Å². The Morgan fingerprint density at radius 2 is 1.00 bits per heavy atom. The third-order valence-corrected chi connectivity index (χ3v) is 3.58. The van der Waals surface area contributed by atoms with Crippen LogP contribution in [-0.4, -0.2) is 22.4 Å². The van der Waals surface area contributed by atoms with Crippen molar-refractivity contribution in [3.63, 3.8) is 0 Å². The first-order chi connectivity index (χ1) is 7.27. The van der Waals surface area contributed by atoms with E-state index in [0.717, 1.165) is 25.7 Å². The molecule has 2 N–H and O–H groups in total. The molecule has 0 atom stereocenters. The van der Waals surface area contributed by atoms with E-state index in [1.165, 1.54) is 44.9 Å². The minimum Gasteiger partial charge on any atom is -0.393 e. The Morgan fingerprint density at radius 3 is 1.33 bits per heavy atom. The zero-order valence-corrected chi connectivity index (χ0v) is 9.88. The Bertz CT molecular complexity index is 145. The summed E-state index contributed by atoms with van der Waals surface area (Å²) < 4.78 is 0. The zero-order chi connectivity index (χ0) is 11.0. The molecule has 0 aromatic heterocycles. The fourth-order valence-corrected chi connectivity index (χ4v) is 2.43. The summed E-state index contributed by atoms with van der Waals surface area (Å²) in [5, 5.41) is 19.3. The van der Waals surface area contributed by atoms with Crippen molar-refractivity contribution in [3.05, 3.63) is 0 Å². The van der Waals surface area contributed by atoms with Crippen LogP contribution in [0.15, 0.2) is 0 Å². The van der Waals surface area contributed by atoms with Crippen molar-refractivity contribution in [1.82, 2.24) is 0 Å². The van der Waals surface area contributed by atoms with E-state index in [-0.39, 0.29) is 6.61 Å². The lowest BCUT2D eigenvalue weighted by Gasteiger charge is -2.26. The Labute approximate surface area is 93.7 Å². The first-order valence-electron chi connectivity index (χ1n) is 6.60. The van der Waals surface area contributed by atoms with Gasteiger partial charge in [0.2, 0.25) is 0 Å². The van der Waals surface area contributed by atoms with E-state index < -0.39 is 5.60 Å². The summed E-state index contributed by atoms with van der Waals surface area (Å²) in [4.78, 5) is 0. The lowest BCUT2D eigenvalue weighted by atomic mass is 9.89. The van der Waals surface area contributed by atoms with Crippen LogP contribution in [0.3, 0.4) is 0 Å². The van der Waals surface area contributed by atoms with Gasteiger partial charge in [0.25, 0.3) is 0 Å². The molecule has 0 radical (unpaired) electrons. The van der Waals surface area contributed by atoms with Gasteiger partial charge in [-0.1, -0.05) is 57.8 Å². The lowest BCUT2D eigenvalue weighted by Crippen LogP contribution is -2.33. The molecule has 1 fully saturated rings. The maximum Gasteiger partial charge on any atom is 0.0877 e. The second kappa shape index (κ2) is 7.24. The zero-order valence-electron chi connectivity index (χ0n) is 9.88. The minimum absolute atomic E-state index is 0.0625. The van der Waals surface area contributed by atoms with Gasteiger partial charge in [0.15, 0.2) is 0 Å². The SMILES string of the molecule is OCC1(O)CCCCCCCCCCC1. The largest absolute Gasteiger partial charge is 0.393 e. The number of aliphatic hydroxyl groups is 2. The average molecular weight is 214 g/mol. The lowest BCUT2D eigenvalue weighted by molar-refractivity contribution is -0.0316. The summed E-state index contributed by atoms with van der Waals surface area (Å²) in [5.41, 5.74) is -0.779. The monoisotopic (exact) mass is 214 g/mol. The van der Waals surface area contributed by atoms with E-state index in [1.807, 2.05) is 0 Å². The number of hydrogen-bond acceptors (Lipinski definition) is 2. The van der Waals surface area contributed by atoms with Gasteiger partial charge in [0.1, 0.15) is 0 Å². The van der Waals surface area contributed by atoms with E-state index in [0.29, 0.717) is 0 Å². The predicted octanol–water partition coefficient (Wildman–Crippen LogP) is 3.01. The van der Waals surface area contributed by atoms with Crippen LogP contribution in [0.2, 0.25) is 0 Å². The van der Waals surface area contributed by atoms with E-state index in [9.17, 15) is 10.2 Å². The summed E-state index contributed by atoms with van der Waals surface area (Å²) in [7, 11) is 0. The van der Waals surface area contributed by atoms with Crippen molar-refractivity contribution in [2.75, 3.05) is 6.61 Å². The standard InChI is InChI=1S/C13H26O2/c14-12-13(15)10-8-6-4-2-1-3-5-7-9-11-13/h14-15H,1-12H2. The van der Waals surface area contributed by atoms with Crippen LogP contribution < -0.4 is 0 Å². The van der Waals surface area contributed by atoms with Crippen LogP contribution in [0.25, 0.3) is 0 Å². The number of aliphatic hydroxyl groups excluding tert-OH is 1. The van der Waals surface area contributed by atoms with Crippen LogP contribution in [0.5, 0.6) is 0 Å². The molecule has 0 amide bonds. The predicted molar refractivity (Wildman–Crippen MR) is 62.8 cm³/mol. The molecular formula is C13H26O2. The van der Waals surface area contributed by atoms with Gasteiger partial charge in [-0.3, -0.25) is 0 Å². The fraction of sp³-hybridized carbons (Fsp3) is 1.00. The van der Waals surface area contributed by atoms with Gasteiger partial charge in [0, 0.05) is 0 Å². The third-order valence-electron chi connectivity index (χ3n) is 3.58. The molecule has 0 aliphatic heterocycles. The highest BCUT2D eigenvalue weighted by molar-refractivity contribution is 4.77. The van der Waals surface area contributed by atoms with E-state index in [2.05, 4.69) is 0 Å². The van der Waals surface area contributed by atoms with Crippen LogP contribution >= 0.6 is 0 Å². The summed E-state index contributed by atoms with van der Waals surface area (Å²) in [6.07, 6.45) is 12.8. The molecule has 0 saturated heterocycles. The van der Waals surface area contributed by atoms with Crippen molar-refractivity contribution in [3.8, 4) is 0 Å². The molecular weight excluding hydrogens is 188 g/mol. The molecule has 1 aliphatic rings.